The number of nitrogens with one attached hydrogen (secondary N) is 3. The molecule has 0 aromatic carbocycles. The number of hydrogen-bond acceptors (Lipinski definition) is 10. The van der Waals surface area contributed by atoms with Crippen molar-refractivity contribution < 1.29 is 4.74 Å². The Morgan fingerprint density at radius 3 is 2.61 bits per heavy atom. The fourth-order valence-corrected chi connectivity index (χ4v) is 5.97. The molecule has 3 aliphatic rings. The molecule has 31 heavy (non-hydrogen) atoms. The van der Waals surface area contributed by atoms with Gasteiger partial charge in [-0.25, -0.2) is 8.61 Å². The van der Waals surface area contributed by atoms with Gasteiger partial charge in [0.15, 0.2) is 5.82 Å². The number of methoxy groups -OCH3 is 1. The van der Waals surface area contributed by atoms with Gasteiger partial charge in [0, 0.05) is 61.2 Å². The van der Waals surface area contributed by atoms with E-state index in [2.05, 4.69) is 45.5 Å². The minimum atomic E-state index is 0.197. The molecule has 5 heterocycles. The number of hydrogen-bond donors (Lipinski definition) is 3. The smallest absolute Gasteiger partial charge is 0.228 e. The van der Waals surface area contributed by atoms with E-state index in [9.17, 15) is 0 Å². The fourth-order valence-electron chi connectivity index (χ4n) is 4.56. The minimum absolute atomic E-state index is 0.197. The first-order chi connectivity index (χ1) is 15.1. The number of fused-ring (bicyclic) bond motifs is 2. The summed E-state index contributed by atoms with van der Waals surface area (Å²) in [5.74, 6) is 2.62. The van der Waals surface area contributed by atoms with E-state index in [1.165, 1.54) is 12.8 Å². The van der Waals surface area contributed by atoms with Crippen LogP contribution in [0, 0.1) is 24.2 Å². The molecule has 0 radical (unpaired) electrons. The summed E-state index contributed by atoms with van der Waals surface area (Å²) in [5, 5.41) is 22.9. The SMILES string of the molecule is COc1cc(Nc2cc(C)[nH]n2)nc(N[C@@H]2C[C@H]3CC[C@@H](C2)N3SN2CC(C#N)C2)n1. The molecule has 2 aromatic rings. The lowest BCUT2D eigenvalue weighted by Crippen LogP contribution is -2.49. The van der Waals surface area contributed by atoms with Crippen LogP contribution < -0.4 is 15.4 Å². The van der Waals surface area contributed by atoms with Gasteiger partial charge in [0.1, 0.15) is 5.82 Å². The van der Waals surface area contributed by atoms with Crippen LogP contribution >= 0.6 is 12.1 Å². The predicted molar refractivity (Wildman–Crippen MR) is 119 cm³/mol. The molecule has 2 bridgehead atoms. The Bertz CT molecular complexity index is 956. The number of H-pyrrole nitrogens is 1. The van der Waals surface area contributed by atoms with Gasteiger partial charge in [-0.05, 0) is 32.6 Å². The van der Waals surface area contributed by atoms with E-state index in [4.69, 9.17) is 10.00 Å². The highest BCUT2D eigenvalue weighted by molar-refractivity contribution is 7.94. The molecule has 3 N–H and O–H groups in total. The van der Waals surface area contributed by atoms with Crippen molar-refractivity contribution in [3.05, 3.63) is 17.8 Å². The van der Waals surface area contributed by atoms with Crippen molar-refractivity contribution in [3.63, 3.8) is 0 Å². The Labute approximate surface area is 186 Å². The zero-order valence-corrected chi connectivity index (χ0v) is 18.5. The summed E-state index contributed by atoms with van der Waals surface area (Å²) < 4.78 is 10.3. The fraction of sp³-hybridized carbons (Fsp3) is 0.600. The molecule has 0 aliphatic carbocycles. The van der Waals surface area contributed by atoms with Gasteiger partial charge >= 0.3 is 0 Å². The van der Waals surface area contributed by atoms with E-state index in [1.54, 1.807) is 13.2 Å². The number of ether oxygens (including phenoxy) is 1. The molecule has 0 saturated carbocycles. The van der Waals surface area contributed by atoms with Crippen LogP contribution in [0.15, 0.2) is 12.1 Å². The normalized spacial score (nSPS) is 26.3. The summed E-state index contributed by atoms with van der Waals surface area (Å²) in [6.07, 6.45) is 4.55. The third kappa shape index (κ3) is 4.42. The van der Waals surface area contributed by atoms with E-state index in [-0.39, 0.29) is 5.92 Å². The van der Waals surface area contributed by atoms with Crippen molar-refractivity contribution in [2.24, 2.45) is 5.92 Å². The Morgan fingerprint density at radius 1 is 1.19 bits per heavy atom. The highest BCUT2D eigenvalue weighted by Gasteiger charge is 2.43. The lowest BCUT2D eigenvalue weighted by atomic mass is 10.00. The maximum atomic E-state index is 9.00. The molecule has 3 aliphatic heterocycles. The number of aryl methyl sites for hydroxylation is 1. The Kier molecular flexibility index (Phi) is 5.60. The molecule has 11 heteroatoms. The average molecular weight is 442 g/mol. The van der Waals surface area contributed by atoms with Gasteiger partial charge < -0.3 is 15.4 Å². The molecule has 0 amide bonds. The second-order valence-corrected chi connectivity index (χ2v) is 9.59. The van der Waals surface area contributed by atoms with Crippen molar-refractivity contribution >= 4 is 29.7 Å². The van der Waals surface area contributed by atoms with Crippen LogP contribution in [0.25, 0.3) is 0 Å². The highest BCUT2D eigenvalue weighted by Crippen LogP contribution is 2.43. The zero-order chi connectivity index (χ0) is 21.4. The summed E-state index contributed by atoms with van der Waals surface area (Å²) in [4.78, 5) is 9.13. The van der Waals surface area contributed by atoms with Gasteiger partial charge in [-0.15, -0.1) is 0 Å². The van der Waals surface area contributed by atoms with E-state index in [0.29, 0.717) is 41.6 Å². The Morgan fingerprint density at radius 2 is 1.97 bits per heavy atom. The van der Waals surface area contributed by atoms with E-state index in [1.807, 2.05) is 25.1 Å². The number of aromatic nitrogens is 4. The van der Waals surface area contributed by atoms with Gasteiger partial charge in [0.2, 0.25) is 11.8 Å². The van der Waals surface area contributed by atoms with Crippen molar-refractivity contribution in [2.45, 2.75) is 50.7 Å². The second kappa shape index (κ2) is 8.53. The van der Waals surface area contributed by atoms with E-state index >= 15 is 0 Å². The quantitative estimate of drug-likeness (QED) is 0.553. The molecule has 5 rings (SSSR count). The molecular formula is C20H27N9OS. The third-order valence-corrected chi connectivity index (χ3v) is 7.43. The predicted octanol–water partition coefficient (Wildman–Crippen LogP) is 2.69. The number of anilines is 3. The standard InChI is InChI=1S/C20H27N9OS/c1-12-5-18(27-26-12)23-17-8-19(30-2)25-20(24-17)22-14-6-15-3-4-16(7-14)29(15)31-28-10-13(9-21)11-28/h5,8,13-16H,3-4,6-7,10-11H2,1-2H3,(H3,22,23,24,25,26,27)/t14-,15-,16+. The largest absolute Gasteiger partial charge is 0.481 e. The molecule has 0 unspecified atom stereocenters. The summed E-state index contributed by atoms with van der Waals surface area (Å²) in [6, 6.07) is 7.44. The van der Waals surface area contributed by atoms with Crippen LogP contribution in [0.3, 0.4) is 0 Å². The zero-order valence-electron chi connectivity index (χ0n) is 17.7. The van der Waals surface area contributed by atoms with E-state index < -0.39 is 0 Å². The maximum Gasteiger partial charge on any atom is 0.228 e. The lowest BCUT2D eigenvalue weighted by molar-refractivity contribution is 0.218. The number of nitrogens with zero attached hydrogens (tertiary/aromatic N) is 6. The summed E-state index contributed by atoms with van der Waals surface area (Å²) >= 11 is 1.84. The third-order valence-electron chi connectivity index (χ3n) is 6.11. The van der Waals surface area contributed by atoms with Crippen molar-refractivity contribution in [2.75, 3.05) is 30.8 Å². The first kappa shape index (κ1) is 20.4. The Balaban J connectivity index is 1.22. The molecule has 3 fully saturated rings. The first-order valence-electron chi connectivity index (χ1n) is 10.7. The molecule has 3 atom stereocenters. The van der Waals surface area contributed by atoms with Crippen molar-refractivity contribution in [1.29, 1.82) is 5.26 Å². The van der Waals surface area contributed by atoms with Crippen LogP contribution in [0.5, 0.6) is 5.88 Å². The van der Waals surface area contributed by atoms with Crippen LogP contribution in [0.4, 0.5) is 17.6 Å². The molecule has 2 aromatic heterocycles. The van der Waals surface area contributed by atoms with Crippen molar-refractivity contribution in [3.8, 4) is 11.9 Å². The number of aromatic amines is 1. The Hall–Kier alpha value is -2.55. The van der Waals surface area contributed by atoms with Crippen LogP contribution in [0.2, 0.25) is 0 Å². The van der Waals surface area contributed by atoms with Gasteiger partial charge in [0.05, 0.1) is 19.1 Å². The van der Waals surface area contributed by atoms with Crippen molar-refractivity contribution in [1.82, 2.24) is 28.8 Å². The van der Waals surface area contributed by atoms with Gasteiger partial charge in [-0.2, -0.15) is 20.3 Å². The second-order valence-electron chi connectivity index (χ2n) is 8.49. The molecule has 0 spiro atoms. The lowest BCUT2D eigenvalue weighted by Gasteiger charge is -2.43. The molecule has 3 saturated heterocycles. The van der Waals surface area contributed by atoms with Gasteiger partial charge in [0.25, 0.3) is 0 Å². The maximum absolute atomic E-state index is 9.00. The van der Waals surface area contributed by atoms with Crippen LogP contribution in [0.1, 0.15) is 31.4 Å². The topological polar surface area (TPSA) is 118 Å². The highest BCUT2D eigenvalue weighted by atomic mass is 32.2. The van der Waals surface area contributed by atoms with Crippen LogP contribution in [-0.4, -0.2) is 67.1 Å². The summed E-state index contributed by atoms with van der Waals surface area (Å²) in [5.41, 5.74) is 0.975. The minimum Gasteiger partial charge on any atom is -0.481 e. The van der Waals surface area contributed by atoms with Gasteiger partial charge in [-0.1, -0.05) is 0 Å². The summed E-state index contributed by atoms with van der Waals surface area (Å²) in [7, 11) is 1.61. The van der Waals surface area contributed by atoms with Gasteiger partial charge in [-0.3, -0.25) is 5.10 Å². The number of piperidine rings is 1. The van der Waals surface area contributed by atoms with Crippen LogP contribution in [-0.2, 0) is 0 Å². The molecule has 10 nitrogen and oxygen atoms in total. The first-order valence-corrected chi connectivity index (χ1v) is 11.4. The number of rotatable bonds is 7. The average Bonchev–Trinajstić information content (AvgIpc) is 3.23. The molecule has 164 valence electrons. The molecular weight excluding hydrogens is 414 g/mol. The number of nitriles is 1. The van der Waals surface area contributed by atoms with E-state index in [0.717, 1.165) is 31.6 Å². The monoisotopic (exact) mass is 441 g/mol. The summed E-state index contributed by atoms with van der Waals surface area (Å²) in [6.45, 7) is 3.71.